The number of nitrogens with one attached hydrogen (secondary N) is 1. The Labute approximate surface area is 139 Å². The molecule has 0 bridgehead atoms. The lowest BCUT2D eigenvalue weighted by atomic mass is 9.85. The maximum Gasteiger partial charge on any atom is 0.317 e. The number of rotatable bonds is 3. The first kappa shape index (κ1) is 16.1. The van der Waals surface area contributed by atoms with E-state index in [0.717, 1.165) is 43.5 Å². The van der Waals surface area contributed by atoms with Crippen molar-refractivity contribution in [2.75, 3.05) is 31.1 Å². The van der Waals surface area contributed by atoms with Gasteiger partial charge in [0.2, 0.25) is 0 Å². The van der Waals surface area contributed by atoms with Crippen molar-refractivity contribution in [3.05, 3.63) is 23.9 Å². The fourth-order valence-corrected chi connectivity index (χ4v) is 3.37. The number of carbonyl (C=O) groups excluding carboxylic acids is 1. The number of piperidine rings is 1. The van der Waals surface area contributed by atoms with Gasteiger partial charge in [-0.2, -0.15) is 0 Å². The quantitative estimate of drug-likeness (QED) is 0.933. The molecule has 126 valence electrons. The second-order valence-electron chi connectivity index (χ2n) is 7.87. The normalized spacial score (nSPS) is 21.0. The summed E-state index contributed by atoms with van der Waals surface area (Å²) in [5.74, 6) is 1.88. The van der Waals surface area contributed by atoms with Crippen LogP contribution in [0.5, 0.6) is 0 Å². The van der Waals surface area contributed by atoms with E-state index in [-0.39, 0.29) is 11.4 Å². The Balaban J connectivity index is 1.47. The van der Waals surface area contributed by atoms with E-state index >= 15 is 0 Å². The van der Waals surface area contributed by atoms with Crippen LogP contribution in [0.25, 0.3) is 0 Å². The van der Waals surface area contributed by atoms with E-state index in [2.05, 4.69) is 48.1 Å². The van der Waals surface area contributed by atoms with Gasteiger partial charge in [-0.1, -0.05) is 26.8 Å². The minimum Gasteiger partial charge on any atom is -0.357 e. The molecule has 3 heterocycles. The fourth-order valence-electron chi connectivity index (χ4n) is 3.37. The third-order valence-electron chi connectivity index (χ3n) is 4.89. The number of hydrogen-bond donors (Lipinski definition) is 1. The van der Waals surface area contributed by atoms with E-state index in [4.69, 9.17) is 0 Å². The van der Waals surface area contributed by atoms with Crippen molar-refractivity contribution >= 4 is 11.8 Å². The standard InChI is InChI=1S/C18H28N4O/c1-14-6-8-21(9-7-14)16-5-4-15(10-19-16)11-20-17(23)22-12-18(2,3)13-22/h4-5,10,14H,6-9,11-13H2,1-3H3,(H,20,23). The molecule has 2 amide bonds. The molecule has 1 N–H and O–H groups in total. The number of hydrogen-bond acceptors (Lipinski definition) is 3. The molecule has 23 heavy (non-hydrogen) atoms. The van der Waals surface area contributed by atoms with E-state index in [1.807, 2.05) is 11.1 Å². The van der Waals surface area contributed by atoms with Crippen LogP contribution in [-0.2, 0) is 6.54 Å². The van der Waals surface area contributed by atoms with Gasteiger partial charge in [0.15, 0.2) is 0 Å². The molecule has 5 nitrogen and oxygen atoms in total. The van der Waals surface area contributed by atoms with Crippen LogP contribution in [0.15, 0.2) is 18.3 Å². The maximum absolute atomic E-state index is 12.0. The highest BCUT2D eigenvalue weighted by Gasteiger charge is 2.36. The molecule has 2 saturated heterocycles. The summed E-state index contributed by atoms with van der Waals surface area (Å²) in [7, 11) is 0. The molecular weight excluding hydrogens is 288 g/mol. The van der Waals surface area contributed by atoms with Crippen LogP contribution in [-0.4, -0.2) is 42.1 Å². The SMILES string of the molecule is CC1CCN(c2ccc(CNC(=O)N3CC(C)(C)C3)cn2)CC1. The Morgan fingerprint density at radius 2 is 2.00 bits per heavy atom. The molecule has 0 atom stereocenters. The Hall–Kier alpha value is -1.78. The van der Waals surface area contributed by atoms with Crippen molar-refractivity contribution in [3.8, 4) is 0 Å². The molecule has 0 radical (unpaired) electrons. The second kappa shape index (κ2) is 6.38. The van der Waals surface area contributed by atoms with E-state index in [9.17, 15) is 4.79 Å². The Bertz CT molecular complexity index is 539. The predicted molar refractivity (Wildman–Crippen MR) is 92.4 cm³/mol. The third-order valence-corrected chi connectivity index (χ3v) is 4.89. The van der Waals surface area contributed by atoms with Crippen LogP contribution in [0.4, 0.5) is 10.6 Å². The smallest absolute Gasteiger partial charge is 0.317 e. The van der Waals surface area contributed by atoms with Gasteiger partial charge in [-0.3, -0.25) is 0 Å². The zero-order valence-electron chi connectivity index (χ0n) is 14.5. The average Bonchev–Trinajstić information content (AvgIpc) is 2.51. The summed E-state index contributed by atoms with van der Waals surface area (Å²) in [6, 6.07) is 4.17. The van der Waals surface area contributed by atoms with Crippen molar-refractivity contribution in [2.24, 2.45) is 11.3 Å². The van der Waals surface area contributed by atoms with Crippen molar-refractivity contribution in [2.45, 2.75) is 40.2 Å². The molecule has 2 aliphatic rings. The van der Waals surface area contributed by atoms with Crippen LogP contribution in [0.2, 0.25) is 0 Å². The Kier molecular flexibility index (Phi) is 4.46. The minimum atomic E-state index is 0.0263. The minimum absolute atomic E-state index is 0.0263. The lowest BCUT2D eigenvalue weighted by Gasteiger charge is -2.45. The highest BCUT2D eigenvalue weighted by atomic mass is 16.2. The van der Waals surface area contributed by atoms with Gasteiger partial charge in [0.25, 0.3) is 0 Å². The maximum atomic E-state index is 12.0. The third kappa shape index (κ3) is 3.95. The van der Waals surface area contributed by atoms with Gasteiger partial charge in [0.05, 0.1) is 0 Å². The zero-order valence-corrected chi connectivity index (χ0v) is 14.5. The summed E-state index contributed by atoms with van der Waals surface area (Å²) in [5.41, 5.74) is 1.32. The molecule has 0 spiro atoms. The largest absolute Gasteiger partial charge is 0.357 e. The number of anilines is 1. The lowest BCUT2D eigenvalue weighted by Crippen LogP contribution is -2.58. The molecule has 1 aromatic rings. The van der Waals surface area contributed by atoms with Gasteiger partial charge >= 0.3 is 6.03 Å². The number of aromatic nitrogens is 1. The van der Waals surface area contributed by atoms with Gasteiger partial charge in [0, 0.05) is 44.3 Å². The summed E-state index contributed by atoms with van der Waals surface area (Å²) in [6.45, 7) is 11.1. The van der Waals surface area contributed by atoms with Crippen LogP contribution >= 0.6 is 0 Å². The number of carbonyl (C=O) groups is 1. The summed E-state index contributed by atoms with van der Waals surface area (Å²) < 4.78 is 0. The monoisotopic (exact) mass is 316 g/mol. The summed E-state index contributed by atoms with van der Waals surface area (Å²) in [4.78, 5) is 20.8. The lowest BCUT2D eigenvalue weighted by molar-refractivity contribution is 0.0616. The molecule has 0 saturated carbocycles. The van der Waals surface area contributed by atoms with Crippen LogP contribution in [0.1, 0.15) is 39.2 Å². The first-order valence-corrected chi connectivity index (χ1v) is 8.66. The zero-order chi connectivity index (χ0) is 16.4. The van der Waals surface area contributed by atoms with Crippen LogP contribution < -0.4 is 10.2 Å². The number of amides is 2. The van der Waals surface area contributed by atoms with Crippen LogP contribution in [0, 0.1) is 11.3 Å². The second-order valence-corrected chi connectivity index (χ2v) is 7.87. The van der Waals surface area contributed by atoms with Gasteiger partial charge in [-0.25, -0.2) is 9.78 Å². The molecule has 0 unspecified atom stereocenters. The van der Waals surface area contributed by atoms with E-state index in [0.29, 0.717) is 6.54 Å². The highest BCUT2D eigenvalue weighted by Crippen LogP contribution is 2.28. The molecule has 2 aliphatic heterocycles. The van der Waals surface area contributed by atoms with Gasteiger partial charge in [-0.15, -0.1) is 0 Å². The van der Waals surface area contributed by atoms with Gasteiger partial charge in [-0.05, 0) is 30.4 Å². The van der Waals surface area contributed by atoms with E-state index in [1.165, 1.54) is 12.8 Å². The topological polar surface area (TPSA) is 48.5 Å². The summed E-state index contributed by atoms with van der Waals surface area (Å²) in [5, 5.41) is 2.98. The van der Waals surface area contributed by atoms with E-state index < -0.39 is 0 Å². The summed E-state index contributed by atoms with van der Waals surface area (Å²) >= 11 is 0. The number of nitrogens with zero attached hydrogens (tertiary/aromatic N) is 3. The number of likely N-dealkylation sites (tertiary alicyclic amines) is 1. The number of urea groups is 1. The first-order valence-electron chi connectivity index (χ1n) is 8.66. The van der Waals surface area contributed by atoms with Gasteiger partial charge < -0.3 is 15.1 Å². The first-order chi connectivity index (χ1) is 10.9. The number of pyridine rings is 1. The highest BCUT2D eigenvalue weighted by molar-refractivity contribution is 5.75. The fraction of sp³-hybridized carbons (Fsp3) is 0.667. The summed E-state index contributed by atoms with van der Waals surface area (Å²) in [6.07, 6.45) is 4.37. The molecule has 2 fully saturated rings. The van der Waals surface area contributed by atoms with Crippen molar-refractivity contribution in [1.29, 1.82) is 0 Å². The molecule has 0 aliphatic carbocycles. The molecule has 5 heteroatoms. The van der Waals surface area contributed by atoms with Crippen molar-refractivity contribution in [3.63, 3.8) is 0 Å². The molecule has 3 rings (SSSR count). The van der Waals surface area contributed by atoms with E-state index in [1.54, 1.807) is 0 Å². The Morgan fingerprint density at radius 3 is 2.57 bits per heavy atom. The Morgan fingerprint density at radius 1 is 1.30 bits per heavy atom. The molecular formula is C18H28N4O. The average molecular weight is 316 g/mol. The van der Waals surface area contributed by atoms with Crippen molar-refractivity contribution in [1.82, 2.24) is 15.2 Å². The molecule has 0 aromatic carbocycles. The predicted octanol–water partition coefficient (Wildman–Crippen LogP) is 2.87. The van der Waals surface area contributed by atoms with Crippen molar-refractivity contribution < 1.29 is 4.79 Å². The van der Waals surface area contributed by atoms with Crippen LogP contribution in [0.3, 0.4) is 0 Å². The van der Waals surface area contributed by atoms with Gasteiger partial charge in [0.1, 0.15) is 5.82 Å². The molecule has 1 aromatic heterocycles.